The summed E-state index contributed by atoms with van der Waals surface area (Å²) in [7, 11) is 0. The van der Waals surface area contributed by atoms with Gasteiger partial charge in [-0.15, -0.1) is 0 Å². The van der Waals surface area contributed by atoms with Crippen LogP contribution in [-0.2, 0) is 6.54 Å². The average molecular weight is 425 g/mol. The molecule has 0 heterocycles. The van der Waals surface area contributed by atoms with Gasteiger partial charge in [-0.1, -0.05) is 38.1 Å². The highest BCUT2D eigenvalue weighted by Crippen LogP contribution is 2.20. The van der Waals surface area contributed by atoms with Crippen LogP contribution in [0.2, 0.25) is 0 Å². The molecule has 1 saturated carbocycles. The molecule has 0 radical (unpaired) electrons. The van der Waals surface area contributed by atoms with Crippen LogP contribution in [0.1, 0.15) is 42.6 Å². The van der Waals surface area contributed by atoms with Crippen LogP contribution in [-0.4, -0.2) is 49.1 Å². The number of carbonyl (C=O) groups excluding carboxylic acids is 2. The zero-order valence-electron chi connectivity index (χ0n) is 18.3. The molecular weight excluding hydrogens is 392 g/mol. The van der Waals surface area contributed by atoms with Gasteiger partial charge in [0.25, 0.3) is 5.91 Å². The van der Waals surface area contributed by atoms with Crippen molar-refractivity contribution in [2.75, 3.05) is 31.6 Å². The molecule has 7 heteroatoms. The van der Waals surface area contributed by atoms with Gasteiger partial charge in [0.1, 0.15) is 12.4 Å². The number of ether oxygens (including phenoxy) is 1. The summed E-state index contributed by atoms with van der Waals surface area (Å²) in [5.41, 5.74) is 2.00. The van der Waals surface area contributed by atoms with E-state index in [2.05, 4.69) is 34.7 Å². The molecule has 0 unspecified atom stereocenters. The van der Waals surface area contributed by atoms with Gasteiger partial charge in [0.2, 0.25) is 0 Å². The Kier molecular flexibility index (Phi) is 8.29. The molecule has 31 heavy (non-hydrogen) atoms. The lowest BCUT2D eigenvalue weighted by Crippen LogP contribution is -2.30. The van der Waals surface area contributed by atoms with Gasteiger partial charge < -0.3 is 25.6 Å². The first-order valence-electron chi connectivity index (χ1n) is 11.0. The van der Waals surface area contributed by atoms with Gasteiger partial charge >= 0.3 is 6.03 Å². The summed E-state index contributed by atoms with van der Waals surface area (Å²) < 4.78 is 5.96. The largest absolute Gasteiger partial charge is 0.492 e. The van der Waals surface area contributed by atoms with E-state index < -0.39 is 0 Å². The van der Waals surface area contributed by atoms with E-state index in [0.717, 1.165) is 43.8 Å². The molecule has 3 N–H and O–H groups in total. The average Bonchev–Trinajstić information content (AvgIpc) is 3.59. The third kappa shape index (κ3) is 7.29. The quantitative estimate of drug-likeness (QED) is 0.515. The Morgan fingerprint density at radius 3 is 2.58 bits per heavy atom. The first-order chi connectivity index (χ1) is 15.1. The van der Waals surface area contributed by atoms with E-state index in [-0.39, 0.29) is 18.0 Å². The van der Waals surface area contributed by atoms with Crippen LogP contribution < -0.4 is 20.7 Å². The zero-order valence-corrected chi connectivity index (χ0v) is 18.3. The molecule has 0 aliphatic heterocycles. The van der Waals surface area contributed by atoms with E-state index in [4.69, 9.17) is 4.74 Å². The molecule has 1 fully saturated rings. The van der Waals surface area contributed by atoms with Crippen molar-refractivity contribution >= 4 is 17.6 Å². The Bertz CT molecular complexity index is 879. The number of hydrogen-bond acceptors (Lipinski definition) is 4. The minimum atomic E-state index is -0.240. The fraction of sp³-hybridized carbons (Fsp3) is 0.417. The van der Waals surface area contributed by atoms with Gasteiger partial charge in [0.15, 0.2) is 0 Å². The Morgan fingerprint density at radius 2 is 1.84 bits per heavy atom. The van der Waals surface area contributed by atoms with E-state index in [1.807, 2.05) is 24.3 Å². The first kappa shape index (κ1) is 22.6. The van der Waals surface area contributed by atoms with Crippen LogP contribution in [0.4, 0.5) is 10.5 Å². The number of hydrogen-bond donors (Lipinski definition) is 3. The maximum Gasteiger partial charge on any atom is 0.319 e. The number of amides is 3. The SMILES string of the molecule is CCN(CC)CCOc1ccccc1CNC(=O)c1cccc(NC(=O)NC2CC2)c1. The van der Waals surface area contributed by atoms with Crippen molar-refractivity contribution in [2.45, 2.75) is 39.3 Å². The molecule has 0 atom stereocenters. The molecule has 166 valence electrons. The molecule has 1 aliphatic rings. The Morgan fingerprint density at radius 1 is 1.06 bits per heavy atom. The molecule has 2 aromatic carbocycles. The van der Waals surface area contributed by atoms with Crippen molar-refractivity contribution < 1.29 is 14.3 Å². The number of benzene rings is 2. The standard InChI is InChI=1S/C24H32N4O3/c1-3-28(4-2)14-15-31-22-11-6-5-8-19(22)17-25-23(29)18-9-7-10-21(16-18)27-24(30)26-20-12-13-20/h5-11,16,20H,3-4,12-15,17H2,1-2H3,(H,25,29)(H2,26,27,30). The van der Waals surface area contributed by atoms with Gasteiger partial charge in [0.05, 0.1) is 0 Å². The Labute approximate surface area is 184 Å². The summed E-state index contributed by atoms with van der Waals surface area (Å²) >= 11 is 0. The Hall–Kier alpha value is -3.06. The molecule has 1 aliphatic carbocycles. The summed E-state index contributed by atoms with van der Waals surface area (Å²) in [6, 6.07) is 14.7. The maximum atomic E-state index is 12.6. The van der Waals surface area contributed by atoms with Crippen molar-refractivity contribution in [3.8, 4) is 5.75 Å². The smallest absolute Gasteiger partial charge is 0.319 e. The van der Waals surface area contributed by atoms with E-state index in [0.29, 0.717) is 24.4 Å². The van der Waals surface area contributed by atoms with E-state index in [9.17, 15) is 9.59 Å². The predicted octanol–water partition coefficient (Wildman–Crippen LogP) is 3.62. The molecule has 0 saturated heterocycles. The Balaban J connectivity index is 1.53. The van der Waals surface area contributed by atoms with Gasteiger partial charge in [-0.25, -0.2) is 4.79 Å². The van der Waals surface area contributed by atoms with E-state index in [1.165, 1.54) is 0 Å². The fourth-order valence-corrected chi connectivity index (χ4v) is 3.21. The van der Waals surface area contributed by atoms with E-state index >= 15 is 0 Å². The predicted molar refractivity (Wildman–Crippen MR) is 123 cm³/mol. The summed E-state index contributed by atoms with van der Waals surface area (Å²) in [5.74, 6) is 0.575. The number of likely N-dealkylation sites (N-methyl/N-ethyl adjacent to an activating group) is 1. The van der Waals surface area contributed by atoms with Crippen molar-refractivity contribution in [3.63, 3.8) is 0 Å². The number of rotatable bonds is 11. The van der Waals surface area contributed by atoms with Gasteiger partial charge in [-0.3, -0.25) is 4.79 Å². The minimum Gasteiger partial charge on any atom is -0.492 e. The number of urea groups is 1. The second kappa shape index (κ2) is 11.4. The van der Waals surface area contributed by atoms with Gasteiger partial charge in [-0.05, 0) is 50.2 Å². The number of para-hydroxylation sites is 1. The van der Waals surface area contributed by atoms with Crippen LogP contribution in [0.25, 0.3) is 0 Å². The van der Waals surface area contributed by atoms with Crippen molar-refractivity contribution in [1.29, 1.82) is 0 Å². The van der Waals surface area contributed by atoms with Crippen LogP contribution in [0.5, 0.6) is 5.75 Å². The maximum absolute atomic E-state index is 12.6. The number of carbonyl (C=O) groups is 2. The lowest BCUT2D eigenvalue weighted by atomic mass is 10.1. The zero-order chi connectivity index (χ0) is 22.1. The molecule has 0 spiro atoms. The van der Waals surface area contributed by atoms with Gasteiger partial charge in [-0.2, -0.15) is 0 Å². The van der Waals surface area contributed by atoms with Crippen molar-refractivity contribution in [3.05, 3.63) is 59.7 Å². The summed E-state index contributed by atoms with van der Waals surface area (Å²) in [5, 5.41) is 8.59. The van der Waals surface area contributed by atoms with Gasteiger partial charge in [0, 0.05) is 35.9 Å². The summed E-state index contributed by atoms with van der Waals surface area (Å²) in [4.78, 5) is 26.9. The number of anilines is 1. The van der Waals surface area contributed by atoms with Crippen LogP contribution in [0, 0.1) is 0 Å². The lowest BCUT2D eigenvalue weighted by Gasteiger charge is -2.19. The van der Waals surface area contributed by atoms with Crippen LogP contribution in [0.3, 0.4) is 0 Å². The normalized spacial score (nSPS) is 13.0. The third-order valence-electron chi connectivity index (χ3n) is 5.27. The second-order valence-corrected chi connectivity index (χ2v) is 7.62. The lowest BCUT2D eigenvalue weighted by molar-refractivity contribution is 0.0950. The summed E-state index contributed by atoms with van der Waals surface area (Å²) in [6.45, 7) is 8.08. The van der Waals surface area contributed by atoms with Crippen molar-refractivity contribution in [1.82, 2.24) is 15.5 Å². The topological polar surface area (TPSA) is 82.7 Å². The summed E-state index contributed by atoms with van der Waals surface area (Å²) in [6.07, 6.45) is 2.05. The molecule has 2 aromatic rings. The van der Waals surface area contributed by atoms with Crippen LogP contribution >= 0.6 is 0 Å². The highest BCUT2D eigenvalue weighted by molar-refractivity contribution is 5.96. The molecule has 3 rings (SSSR count). The molecule has 7 nitrogen and oxygen atoms in total. The molecule has 0 bridgehead atoms. The van der Waals surface area contributed by atoms with E-state index in [1.54, 1.807) is 24.3 Å². The number of nitrogens with zero attached hydrogens (tertiary/aromatic N) is 1. The minimum absolute atomic E-state index is 0.204. The molecule has 3 amide bonds. The molecular formula is C24H32N4O3. The third-order valence-corrected chi connectivity index (χ3v) is 5.27. The highest BCUT2D eigenvalue weighted by atomic mass is 16.5. The van der Waals surface area contributed by atoms with Crippen LogP contribution in [0.15, 0.2) is 48.5 Å². The number of nitrogens with one attached hydrogen (secondary N) is 3. The fourth-order valence-electron chi connectivity index (χ4n) is 3.21. The monoisotopic (exact) mass is 424 g/mol. The first-order valence-corrected chi connectivity index (χ1v) is 11.0. The highest BCUT2D eigenvalue weighted by Gasteiger charge is 2.23. The molecule has 0 aromatic heterocycles. The van der Waals surface area contributed by atoms with Crippen molar-refractivity contribution in [2.24, 2.45) is 0 Å². The second-order valence-electron chi connectivity index (χ2n) is 7.62.